The van der Waals surface area contributed by atoms with E-state index in [2.05, 4.69) is 21.1 Å². The number of amides is 1. The van der Waals surface area contributed by atoms with Gasteiger partial charge in [0.2, 0.25) is 6.41 Å². The maximum atomic E-state index is 8.58. The van der Waals surface area contributed by atoms with Crippen LogP contribution in [0.3, 0.4) is 0 Å². The van der Waals surface area contributed by atoms with E-state index in [0.717, 1.165) is 0 Å². The molecular formula is C3H7N5O. The van der Waals surface area contributed by atoms with Gasteiger partial charge in [-0.3, -0.25) is 9.89 Å². The average Bonchev–Trinajstić information content (AvgIpc) is 2.20. The van der Waals surface area contributed by atoms with Crippen molar-refractivity contribution in [2.24, 2.45) is 5.73 Å². The molecule has 0 fully saturated rings. The fraction of sp³-hybridized carbons (Fsp3) is 0. The van der Waals surface area contributed by atoms with Crippen molar-refractivity contribution in [3.63, 3.8) is 0 Å². The second-order valence-electron chi connectivity index (χ2n) is 1.03. The van der Waals surface area contributed by atoms with E-state index in [1.54, 1.807) is 0 Å². The molecule has 6 nitrogen and oxygen atoms in total. The SMILES string of the molecule is NC=O.Nc1c[nH]nn1. The lowest BCUT2D eigenvalue weighted by Gasteiger charge is -1.64. The summed E-state index contributed by atoms with van der Waals surface area (Å²) >= 11 is 0. The Morgan fingerprint density at radius 3 is 2.44 bits per heavy atom. The van der Waals surface area contributed by atoms with Crippen molar-refractivity contribution in [1.82, 2.24) is 15.4 Å². The van der Waals surface area contributed by atoms with Crippen LogP contribution in [-0.4, -0.2) is 21.8 Å². The number of carbonyl (C=O) groups excluding carboxylic acids is 1. The van der Waals surface area contributed by atoms with Gasteiger partial charge in [-0.2, -0.15) is 0 Å². The first kappa shape index (κ1) is 7.41. The zero-order chi connectivity index (χ0) is 7.11. The molecule has 1 rings (SSSR count). The van der Waals surface area contributed by atoms with Gasteiger partial charge in [-0.25, -0.2) is 0 Å². The predicted octanol–water partition coefficient (Wildman–Crippen LogP) is -1.51. The van der Waals surface area contributed by atoms with Gasteiger partial charge in [-0.05, 0) is 0 Å². The quantitative estimate of drug-likeness (QED) is 0.369. The van der Waals surface area contributed by atoms with Gasteiger partial charge >= 0.3 is 0 Å². The summed E-state index contributed by atoms with van der Waals surface area (Å²) in [5, 5.41) is 9.15. The van der Waals surface area contributed by atoms with Crippen molar-refractivity contribution in [2.45, 2.75) is 0 Å². The highest BCUT2D eigenvalue weighted by molar-refractivity contribution is 5.42. The number of nitrogens with two attached hydrogens (primary N) is 2. The number of primary amides is 1. The normalized spacial score (nSPS) is 7.11. The smallest absolute Gasteiger partial charge is 0.204 e. The molecule has 0 saturated heterocycles. The highest BCUT2D eigenvalue weighted by Crippen LogP contribution is 1.81. The number of aromatic nitrogens is 3. The topological polar surface area (TPSA) is 111 Å². The van der Waals surface area contributed by atoms with Crippen LogP contribution in [0.2, 0.25) is 0 Å². The van der Waals surface area contributed by atoms with Crippen molar-refractivity contribution in [3.05, 3.63) is 6.20 Å². The van der Waals surface area contributed by atoms with Crippen LogP contribution in [0.25, 0.3) is 0 Å². The number of hydrogen-bond donors (Lipinski definition) is 3. The highest BCUT2D eigenvalue weighted by Gasteiger charge is 1.76. The number of nitrogens with one attached hydrogen (secondary N) is 1. The van der Waals surface area contributed by atoms with Gasteiger partial charge in [-0.15, -0.1) is 5.10 Å². The molecule has 0 atom stereocenters. The van der Waals surface area contributed by atoms with E-state index in [4.69, 9.17) is 10.5 Å². The molecule has 6 heteroatoms. The fourth-order valence-corrected chi connectivity index (χ4v) is 0.210. The molecule has 1 aromatic rings. The molecule has 50 valence electrons. The zero-order valence-corrected chi connectivity index (χ0v) is 4.61. The summed E-state index contributed by atoms with van der Waals surface area (Å²) in [6, 6.07) is 0. The van der Waals surface area contributed by atoms with E-state index in [-0.39, 0.29) is 6.41 Å². The number of aromatic amines is 1. The van der Waals surface area contributed by atoms with Crippen molar-refractivity contribution in [1.29, 1.82) is 0 Å². The minimum atomic E-state index is 0.250. The van der Waals surface area contributed by atoms with E-state index in [9.17, 15) is 0 Å². The van der Waals surface area contributed by atoms with Gasteiger partial charge in [0.05, 0.1) is 6.20 Å². The zero-order valence-electron chi connectivity index (χ0n) is 4.61. The molecule has 0 unspecified atom stereocenters. The molecule has 0 aliphatic carbocycles. The lowest BCUT2D eigenvalue weighted by molar-refractivity contribution is -0.106. The lowest BCUT2D eigenvalue weighted by atomic mass is 10.8. The number of anilines is 1. The minimum absolute atomic E-state index is 0.250. The fourth-order valence-electron chi connectivity index (χ4n) is 0.210. The molecule has 0 radical (unpaired) electrons. The first-order valence-corrected chi connectivity index (χ1v) is 2.08. The molecule has 5 N–H and O–H groups in total. The molecule has 0 saturated carbocycles. The number of H-pyrrole nitrogens is 1. The second kappa shape index (κ2) is 4.57. The van der Waals surface area contributed by atoms with Gasteiger partial charge in [0, 0.05) is 0 Å². The van der Waals surface area contributed by atoms with Crippen molar-refractivity contribution >= 4 is 12.2 Å². The summed E-state index contributed by atoms with van der Waals surface area (Å²) in [7, 11) is 0. The van der Waals surface area contributed by atoms with Gasteiger partial charge in [0.25, 0.3) is 0 Å². The summed E-state index contributed by atoms with van der Waals surface area (Å²) in [5.74, 6) is 0.426. The monoisotopic (exact) mass is 129 g/mol. The van der Waals surface area contributed by atoms with Gasteiger partial charge in [-0.1, -0.05) is 5.21 Å². The summed E-state index contributed by atoms with van der Waals surface area (Å²) in [5.41, 5.74) is 9.24. The molecule has 9 heavy (non-hydrogen) atoms. The van der Waals surface area contributed by atoms with Crippen molar-refractivity contribution in [2.75, 3.05) is 5.73 Å². The Morgan fingerprint density at radius 2 is 2.33 bits per heavy atom. The van der Waals surface area contributed by atoms with Crippen LogP contribution in [0.15, 0.2) is 6.20 Å². The van der Waals surface area contributed by atoms with Crippen LogP contribution in [-0.2, 0) is 4.79 Å². The molecule has 0 aliphatic rings. The Balaban J connectivity index is 0.000000187. The molecule has 1 heterocycles. The van der Waals surface area contributed by atoms with E-state index in [1.807, 2.05) is 0 Å². The van der Waals surface area contributed by atoms with Crippen LogP contribution in [0.4, 0.5) is 5.82 Å². The van der Waals surface area contributed by atoms with E-state index >= 15 is 0 Å². The molecule has 0 aromatic carbocycles. The van der Waals surface area contributed by atoms with Crippen LogP contribution in [0, 0.1) is 0 Å². The summed E-state index contributed by atoms with van der Waals surface area (Å²) < 4.78 is 0. The lowest BCUT2D eigenvalue weighted by Crippen LogP contribution is -1.82. The molecule has 0 spiro atoms. The summed E-state index contributed by atoms with van der Waals surface area (Å²) in [6.07, 6.45) is 1.76. The largest absolute Gasteiger partial charge is 0.381 e. The van der Waals surface area contributed by atoms with Gasteiger partial charge in [0.1, 0.15) is 0 Å². The predicted molar refractivity (Wildman–Crippen MR) is 31.0 cm³/mol. The third-order valence-electron chi connectivity index (χ3n) is 0.436. The molecule has 1 amide bonds. The van der Waals surface area contributed by atoms with Crippen LogP contribution in [0.5, 0.6) is 0 Å². The minimum Gasteiger partial charge on any atom is -0.381 e. The maximum absolute atomic E-state index is 8.58. The Hall–Kier alpha value is -1.59. The Morgan fingerprint density at radius 1 is 1.78 bits per heavy atom. The standard InChI is InChI=1S/C2H4N4.CH3NO/c3-2-1-4-6-5-2;2-1-3/h1H,(H3,3,4,5,6);1H,(H2,2,3). The molecular weight excluding hydrogens is 122 g/mol. The Labute approximate surface area is 51.2 Å². The van der Waals surface area contributed by atoms with E-state index < -0.39 is 0 Å². The van der Waals surface area contributed by atoms with Gasteiger partial charge < -0.3 is 11.5 Å². The molecule has 1 aromatic heterocycles. The van der Waals surface area contributed by atoms with Crippen molar-refractivity contribution < 1.29 is 4.79 Å². The molecule has 0 bridgehead atoms. The molecule has 0 aliphatic heterocycles. The third-order valence-corrected chi connectivity index (χ3v) is 0.436. The van der Waals surface area contributed by atoms with Crippen LogP contribution in [0.1, 0.15) is 0 Å². The van der Waals surface area contributed by atoms with Crippen LogP contribution >= 0.6 is 0 Å². The first-order chi connectivity index (χ1) is 4.31. The number of nitrogens with zero attached hydrogens (tertiary/aromatic N) is 2. The third kappa shape index (κ3) is 4.26. The first-order valence-electron chi connectivity index (χ1n) is 2.08. The highest BCUT2D eigenvalue weighted by atomic mass is 16.1. The van der Waals surface area contributed by atoms with Crippen LogP contribution < -0.4 is 11.5 Å². The number of carbonyl (C=O) groups is 1. The van der Waals surface area contributed by atoms with Crippen molar-refractivity contribution in [3.8, 4) is 0 Å². The number of hydrogen-bond acceptors (Lipinski definition) is 4. The van der Waals surface area contributed by atoms with E-state index in [0.29, 0.717) is 5.82 Å². The summed E-state index contributed by atoms with van der Waals surface area (Å²) in [6.45, 7) is 0. The van der Waals surface area contributed by atoms with Gasteiger partial charge in [0.15, 0.2) is 5.82 Å². The van der Waals surface area contributed by atoms with E-state index in [1.165, 1.54) is 6.20 Å². The Bertz CT molecular complexity index is 147. The number of nitrogen functional groups attached to an aromatic ring is 1. The second-order valence-corrected chi connectivity index (χ2v) is 1.03. The summed E-state index contributed by atoms with van der Waals surface area (Å²) in [4.78, 5) is 8.58. The maximum Gasteiger partial charge on any atom is 0.204 e. The Kier molecular flexibility index (Phi) is 3.76. The average molecular weight is 129 g/mol. The number of rotatable bonds is 0.